The molecule has 0 fully saturated rings. The molecule has 0 bridgehead atoms. The van der Waals surface area contributed by atoms with Crippen LogP contribution in [0, 0.1) is 18.8 Å². The van der Waals surface area contributed by atoms with Crippen LogP contribution in [-0.2, 0) is 5.41 Å². The van der Waals surface area contributed by atoms with Gasteiger partial charge in [-0.05, 0) is 61.6 Å². The van der Waals surface area contributed by atoms with Crippen molar-refractivity contribution in [3.05, 3.63) is 138 Å². The van der Waals surface area contributed by atoms with Gasteiger partial charge >= 0.3 is 18.9 Å². The summed E-state index contributed by atoms with van der Waals surface area (Å²) in [5, 5.41) is 0. The Kier molecular flexibility index (Phi) is 12.7. The first-order chi connectivity index (χ1) is 17.4. The van der Waals surface area contributed by atoms with Crippen molar-refractivity contribution in [3.63, 3.8) is 0 Å². The van der Waals surface area contributed by atoms with E-state index in [2.05, 4.69) is 138 Å². The second-order valence-corrected chi connectivity index (χ2v) is 10.9. The predicted octanol–water partition coefficient (Wildman–Crippen LogP) is 7.34. The van der Waals surface area contributed by atoms with Crippen molar-refractivity contribution >= 4 is 0 Å². The molecule has 0 N–H and O–H groups in total. The third-order valence-corrected chi connectivity index (χ3v) is 7.93. The van der Waals surface area contributed by atoms with E-state index in [-0.39, 0.29) is 30.2 Å². The molecule has 3 unspecified atom stereocenters. The van der Waals surface area contributed by atoms with Gasteiger partial charge in [-0.25, -0.2) is 0 Å². The molecule has 0 amide bonds. The first kappa shape index (κ1) is 31.0. The topological polar surface area (TPSA) is 0 Å². The SMILES string of the molecule is C=C(C)C([CH2-])C/C(C)=C\CC(CC(CC(C)CC)(c1ccccc1)c1ccccc1)c1ccccc1.[Li+]. The smallest absolute Gasteiger partial charge is 0.336 e. The minimum absolute atomic E-state index is 0. The first-order valence-corrected chi connectivity index (χ1v) is 13.7. The van der Waals surface area contributed by atoms with Gasteiger partial charge in [0.2, 0.25) is 0 Å². The van der Waals surface area contributed by atoms with Crippen LogP contribution in [0.5, 0.6) is 0 Å². The van der Waals surface area contributed by atoms with Gasteiger partial charge in [0, 0.05) is 5.41 Å². The summed E-state index contributed by atoms with van der Waals surface area (Å²) in [6, 6.07) is 33.6. The third-order valence-electron chi connectivity index (χ3n) is 7.93. The zero-order chi connectivity index (χ0) is 26.0. The van der Waals surface area contributed by atoms with E-state index in [1.165, 1.54) is 28.7 Å². The van der Waals surface area contributed by atoms with Crippen LogP contribution in [0.2, 0.25) is 0 Å². The van der Waals surface area contributed by atoms with E-state index in [0.29, 0.717) is 11.8 Å². The summed E-state index contributed by atoms with van der Waals surface area (Å²) < 4.78 is 0. The molecule has 0 saturated heterocycles. The Balaban J connectivity index is 0.00000481. The van der Waals surface area contributed by atoms with Crippen LogP contribution in [0.15, 0.2) is 115 Å². The van der Waals surface area contributed by atoms with Crippen molar-refractivity contribution in [2.75, 3.05) is 0 Å². The van der Waals surface area contributed by atoms with Crippen molar-refractivity contribution in [2.24, 2.45) is 11.8 Å². The fraction of sp³-hybridized carbons (Fsp3) is 0.361. The van der Waals surface area contributed by atoms with Crippen molar-refractivity contribution < 1.29 is 18.9 Å². The van der Waals surface area contributed by atoms with Gasteiger partial charge in [-0.3, -0.25) is 0 Å². The van der Waals surface area contributed by atoms with Gasteiger partial charge in [0.05, 0.1) is 0 Å². The monoisotopic (exact) mass is 484 g/mol. The maximum absolute atomic E-state index is 4.30. The molecule has 0 spiro atoms. The molecular formula is C36H45Li. The normalized spacial score (nSPS) is 14.4. The number of hydrogen-bond acceptors (Lipinski definition) is 0. The first-order valence-electron chi connectivity index (χ1n) is 13.7. The van der Waals surface area contributed by atoms with Crippen LogP contribution in [0.25, 0.3) is 0 Å². The molecule has 0 nitrogen and oxygen atoms in total. The van der Waals surface area contributed by atoms with E-state index < -0.39 is 0 Å². The van der Waals surface area contributed by atoms with Crippen molar-refractivity contribution in [2.45, 2.75) is 71.1 Å². The van der Waals surface area contributed by atoms with Crippen LogP contribution in [-0.4, -0.2) is 0 Å². The largest absolute Gasteiger partial charge is 1.00 e. The summed E-state index contributed by atoms with van der Waals surface area (Å²) in [7, 11) is 0. The van der Waals surface area contributed by atoms with Crippen LogP contribution in [0.3, 0.4) is 0 Å². The minimum atomic E-state index is -0.0489. The molecule has 0 heterocycles. The average Bonchev–Trinajstić information content (AvgIpc) is 2.91. The summed E-state index contributed by atoms with van der Waals surface area (Å²) in [6.45, 7) is 17.5. The molecule has 0 aromatic heterocycles. The van der Waals surface area contributed by atoms with Gasteiger partial charge in [-0.1, -0.05) is 129 Å². The molecule has 1 heteroatoms. The summed E-state index contributed by atoms with van der Waals surface area (Å²) in [5.74, 6) is 1.31. The van der Waals surface area contributed by atoms with E-state index >= 15 is 0 Å². The molecule has 3 aromatic rings. The van der Waals surface area contributed by atoms with Crippen LogP contribution in [0.4, 0.5) is 0 Å². The molecule has 0 aliphatic heterocycles. The van der Waals surface area contributed by atoms with Crippen LogP contribution >= 0.6 is 0 Å². The standard InChI is InChI=1S/C36H45.Li/c1-7-29(4)26-36(34-19-13-9-14-20-34,35-21-15-10-16-22-35)27-33(32-17-11-8-12-18-32)24-23-30(5)25-31(6)28(2)3;/h8-23,29,31,33H,2,6-7,24-27H2,1,3-5H3;/q-1;+1/b30-23-;. The van der Waals surface area contributed by atoms with Crippen molar-refractivity contribution in [1.29, 1.82) is 0 Å². The Labute approximate surface area is 239 Å². The van der Waals surface area contributed by atoms with Gasteiger partial charge in [0.25, 0.3) is 0 Å². The summed E-state index contributed by atoms with van der Waals surface area (Å²) in [4.78, 5) is 0. The van der Waals surface area contributed by atoms with E-state index in [1.807, 2.05) is 0 Å². The molecule has 0 aliphatic carbocycles. The molecule has 37 heavy (non-hydrogen) atoms. The fourth-order valence-electron chi connectivity index (χ4n) is 5.45. The number of rotatable bonds is 13. The average molecular weight is 485 g/mol. The van der Waals surface area contributed by atoms with Crippen LogP contribution in [0.1, 0.15) is 82.4 Å². The maximum atomic E-state index is 4.30. The van der Waals surface area contributed by atoms with Gasteiger partial charge in [0.1, 0.15) is 0 Å². The summed E-state index contributed by atoms with van der Waals surface area (Å²) >= 11 is 0. The molecule has 0 aliphatic rings. The zero-order valence-electron chi connectivity index (χ0n) is 23.9. The van der Waals surface area contributed by atoms with E-state index in [4.69, 9.17) is 0 Å². The molecule has 190 valence electrons. The van der Waals surface area contributed by atoms with Gasteiger partial charge in [0.15, 0.2) is 0 Å². The van der Waals surface area contributed by atoms with Crippen LogP contribution < -0.4 is 18.9 Å². The molecule has 0 radical (unpaired) electrons. The zero-order valence-corrected chi connectivity index (χ0v) is 23.9. The summed E-state index contributed by atoms with van der Waals surface area (Å²) in [6.07, 6.45) is 7.87. The number of benzene rings is 3. The molecule has 3 atom stereocenters. The third kappa shape index (κ3) is 8.63. The Bertz CT molecular complexity index is 1040. The summed E-state index contributed by atoms with van der Waals surface area (Å²) in [5.41, 5.74) is 6.80. The number of hydrogen-bond donors (Lipinski definition) is 0. The van der Waals surface area contributed by atoms with Crippen molar-refractivity contribution in [1.82, 2.24) is 0 Å². The van der Waals surface area contributed by atoms with E-state index in [1.54, 1.807) is 0 Å². The Morgan fingerprint density at radius 1 is 0.838 bits per heavy atom. The Morgan fingerprint density at radius 2 is 1.32 bits per heavy atom. The minimum Gasteiger partial charge on any atom is -0.336 e. The second kappa shape index (κ2) is 15.2. The van der Waals surface area contributed by atoms with Crippen molar-refractivity contribution in [3.8, 4) is 0 Å². The quantitative estimate of drug-likeness (QED) is 0.135. The molecule has 3 rings (SSSR count). The predicted molar refractivity (Wildman–Crippen MR) is 158 cm³/mol. The molecule has 0 saturated carbocycles. The second-order valence-electron chi connectivity index (χ2n) is 10.9. The van der Waals surface area contributed by atoms with Gasteiger partial charge in [-0.2, -0.15) is 0 Å². The molecular weight excluding hydrogens is 439 g/mol. The number of allylic oxidation sites excluding steroid dienone is 3. The fourth-order valence-corrected chi connectivity index (χ4v) is 5.45. The van der Waals surface area contributed by atoms with Gasteiger partial charge in [-0.15, -0.1) is 18.1 Å². The van der Waals surface area contributed by atoms with E-state index in [9.17, 15) is 0 Å². The van der Waals surface area contributed by atoms with E-state index in [0.717, 1.165) is 31.3 Å². The Hall–Kier alpha value is -2.26. The molecule has 3 aromatic carbocycles. The van der Waals surface area contributed by atoms with Gasteiger partial charge < -0.3 is 6.92 Å². The maximum Gasteiger partial charge on any atom is 1.00 e. The Morgan fingerprint density at radius 3 is 1.78 bits per heavy atom.